The fraction of sp³-hybridized carbons (Fsp3) is 0.333. The molecular weight excluding hydrogens is 615 g/mol. The predicted octanol–water partition coefficient (Wildman–Crippen LogP) is 5.53. The highest BCUT2D eigenvalue weighted by Gasteiger charge is 2.33. The highest BCUT2D eigenvalue weighted by Crippen LogP contribution is 2.29. The first kappa shape index (κ1) is 33.8. The van der Waals surface area contributed by atoms with Gasteiger partial charge in [-0.15, -0.1) is 0 Å². The first-order chi connectivity index (χ1) is 20.3. The lowest BCUT2D eigenvalue weighted by Gasteiger charge is -2.33. The van der Waals surface area contributed by atoms with Crippen LogP contribution in [0.25, 0.3) is 0 Å². The van der Waals surface area contributed by atoms with E-state index in [0.717, 1.165) is 35.0 Å². The second kappa shape index (κ2) is 15.2. The summed E-state index contributed by atoms with van der Waals surface area (Å²) in [5, 5.41) is 14.9. The normalized spacial score (nSPS) is 11.9. The van der Waals surface area contributed by atoms with Gasteiger partial charge in [-0.05, 0) is 42.2 Å². The van der Waals surface area contributed by atoms with Gasteiger partial charge in [-0.1, -0.05) is 79.0 Å². The molecule has 0 unspecified atom stereocenters. The molecule has 0 heterocycles. The molecule has 0 spiro atoms. The zero-order chi connectivity index (χ0) is 31.7. The van der Waals surface area contributed by atoms with Gasteiger partial charge in [0.2, 0.25) is 21.8 Å². The van der Waals surface area contributed by atoms with Gasteiger partial charge in [0.25, 0.3) is 5.69 Å². The maximum absolute atomic E-state index is 14.2. The monoisotopic (exact) mass is 648 g/mol. The molecule has 0 aliphatic rings. The zero-order valence-corrected chi connectivity index (χ0v) is 26.5. The summed E-state index contributed by atoms with van der Waals surface area (Å²) in [6.07, 6.45) is 2.65. The molecule has 2 amide bonds. The highest BCUT2D eigenvalue weighted by molar-refractivity contribution is 7.92. The van der Waals surface area contributed by atoms with Crippen molar-refractivity contribution >= 4 is 56.4 Å². The summed E-state index contributed by atoms with van der Waals surface area (Å²) in [4.78, 5) is 40.0. The van der Waals surface area contributed by atoms with E-state index in [1.807, 2.05) is 37.3 Å². The first-order valence-electron chi connectivity index (χ1n) is 13.6. The average Bonchev–Trinajstić information content (AvgIpc) is 2.95. The van der Waals surface area contributed by atoms with Gasteiger partial charge in [-0.2, -0.15) is 0 Å². The number of aryl methyl sites for hydroxylation is 1. The summed E-state index contributed by atoms with van der Waals surface area (Å²) >= 11 is 12.4. The minimum atomic E-state index is -4.09. The van der Waals surface area contributed by atoms with Crippen molar-refractivity contribution in [2.45, 2.75) is 45.7 Å². The molecule has 3 aromatic rings. The summed E-state index contributed by atoms with van der Waals surface area (Å²) in [6, 6.07) is 16.8. The van der Waals surface area contributed by atoms with Gasteiger partial charge in [-0.25, -0.2) is 8.42 Å². The molecule has 0 aromatic heterocycles. The van der Waals surface area contributed by atoms with Gasteiger partial charge < -0.3 is 10.2 Å². The van der Waals surface area contributed by atoms with E-state index in [1.165, 1.54) is 17.0 Å². The van der Waals surface area contributed by atoms with Crippen molar-refractivity contribution in [3.63, 3.8) is 0 Å². The van der Waals surface area contributed by atoms with Crippen molar-refractivity contribution in [3.05, 3.63) is 104 Å². The van der Waals surface area contributed by atoms with Crippen LogP contribution in [-0.2, 0) is 32.6 Å². The number of amides is 2. The van der Waals surface area contributed by atoms with Gasteiger partial charge in [0, 0.05) is 31.6 Å². The summed E-state index contributed by atoms with van der Waals surface area (Å²) in [6.45, 7) is 3.20. The Labute approximate surface area is 261 Å². The molecule has 230 valence electrons. The van der Waals surface area contributed by atoms with Crippen molar-refractivity contribution in [3.8, 4) is 0 Å². The lowest BCUT2D eigenvalue weighted by Crippen LogP contribution is -2.53. The number of benzene rings is 3. The molecule has 0 saturated carbocycles. The molecule has 0 bridgehead atoms. The third-order valence-corrected chi connectivity index (χ3v) is 8.65. The number of nitrogens with one attached hydrogen (secondary N) is 1. The molecule has 0 aliphatic carbocycles. The van der Waals surface area contributed by atoms with E-state index in [0.29, 0.717) is 22.7 Å². The Hall–Kier alpha value is -3.67. The summed E-state index contributed by atoms with van der Waals surface area (Å²) in [5.74, 6) is -1.09. The van der Waals surface area contributed by atoms with Crippen LogP contribution in [0.3, 0.4) is 0 Å². The molecule has 0 saturated heterocycles. The maximum Gasteiger partial charge on any atom is 0.271 e. The molecule has 0 radical (unpaired) electrons. The number of unbranched alkanes of at least 4 members (excludes halogenated alkanes) is 1. The zero-order valence-electron chi connectivity index (χ0n) is 24.1. The van der Waals surface area contributed by atoms with Gasteiger partial charge in [0.05, 0.1) is 26.9 Å². The van der Waals surface area contributed by atoms with Gasteiger partial charge in [0.15, 0.2) is 0 Å². The maximum atomic E-state index is 14.2. The Balaban J connectivity index is 2.11. The van der Waals surface area contributed by atoms with Crippen LogP contribution in [0.1, 0.15) is 36.5 Å². The van der Waals surface area contributed by atoms with E-state index in [-0.39, 0.29) is 29.4 Å². The van der Waals surface area contributed by atoms with Crippen LogP contribution in [-0.4, -0.2) is 55.4 Å². The number of non-ortho nitro benzene ring substituents is 1. The van der Waals surface area contributed by atoms with Gasteiger partial charge in [0.1, 0.15) is 12.6 Å². The Bertz CT molecular complexity index is 1570. The topological polar surface area (TPSA) is 130 Å². The molecule has 43 heavy (non-hydrogen) atoms. The molecule has 3 rings (SSSR count). The number of rotatable bonds is 14. The SMILES string of the molecule is CCCCNC(=O)[C@H](Cc1ccccc1)N(Cc1ccc(Cl)c(Cl)c1)C(=O)CN(c1cc([N+](=O)[O-])ccc1C)S(C)(=O)=O. The molecule has 10 nitrogen and oxygen atoms in total. The number of nitro groups is 1. The van der Waals surface area contributed by atoms with Crippen LogP contribution in [0.4, 0.5) is 11.4 Å². The minimum Gasteiger partial charge on any atom is -0.354 e. The van der Waals surface area contributed by atoms with E-state index in [4.69, 9.17) is 23.2 Å². The summed E-state index contributed by atoms with van der Waals surface area (Å²) < 4.78 is 26.8. The van der Waals surface area contributed by atoms with Crippen LogP contribution in [0, 0.1) is 17.0 Å². The molecule has 3 aromatic carbocycles. The minimum absolute atomic E-state index is 0.00783. The Kier molecular flexibility index (Phi) is 11.9. The number of anilines is 1. The first-order valence-corrected chi connectivity index (χ1v) is 16.2. The number of carbonyl (C=O) groups excluding carboxylic acids is 2. The van der Waals surface area contributed by atoms with Crippen molar-refractivity contribution in [1.29, 1.82) is 0 Å². The number of sulfonamides is 1. The second-order valence-corrected chi connectivity index (χ2v) is 12.8. The van der Waals surface area contributed by atoms with Gasteiger partial charge >= 0.3 is 0 Å². The van der Waals surface area contributed by atoms with Crippen LogP contribution in [0.2, 0.25) is 10.0 Å². The second-order valence-electron chi connectivity index (χ2n) is 10.1. The highest BCUT2D eigenvalue weighted by atomic mass is 35.5. The van der Waals surface area contributed by atoms with Crippen molar-refractivity contribution in [2.75, 3.05) is 23.7 Å². The Morgan fingerprint density at radius 1 is 1.00 bits per heavy atom. The average molecular weight is 650 g/mol. The molecule has 1 N–H and O–H groups in total. The third kappa shape index (κ3) is 9.41. The number of halogens is 2. The molecule has 0 fully saturated rings. The fourth-order valence-corrected chi connectivity index (χ4v) is 5.69. The van der Waals surface area contributed by atoms with Crippen LogP contribution < -0.4 is 9.62 Å². The van der Waals surface area contributed by atoms with Crippen molar-refractivity contribution in [1.82, 2.24) is 10.2 Å². The van der Waals surface area contributed by atoms with Crippen molar-refractivity contribution in [2.24, 2.45) is 0 Å². The van der Waals surface area contributed by atoms with E-state index >= 15 is 0 Å². The van der Waals surface area contributed by atoms with Crippen molar-refractivity contribution < 1.29 is 22.9 Å². The quantitative estimate of drug-likeness (QED) is 0.139. The van der Waals surface area contributed by atoms with Gasteiger partial charge in [-0.3, -0.25) is 24.0 Å². The standard InChI is InChI=1S/C30H34Cl2N4O6S/c1-4-5-15-33-30(38)28(17-22-9-7-6-8-10-22)34(19-23-12-14-25(31)26(32)16-23)29(37)20-35(43(3,41)42)27-18-24(36(39)40)13-11-21(27)2/h6-14,16,18,28H,4-5,15,17,19-20H2,1-3H3,(H,33,38)/t28-/m0/s1. The lowest BCUT2D eigenvalue weighted by molar-refractivity contribution is -0.384. The molecule has 13 heteroatoms. The molecule has 1 atom stereocenters. The Morgan fingerprint density at radius 3 is 2.30 bits per heavy atom. The third-order valence-electron chi connectivity index (χ3n) is 6.79. The summed E-state index contributed by atoms with van der Waals surface area (Å²) in [5.41, 5.74) is 1.44. The van der Waals surface area contributed by atoms with E-state index in [2.05, 4.69) is 5.32 Å². The molecular formula is C30H34Cl2N4O6S. The number of nitrogens with zero attached hydrogens (tertiary/aromatic N) is 3. The number of hydrogen-bond acceptors (Lipinski definition) is 6. The fourth-order valence-electron chi connectivity index (χ4n) is 4.47. The number of hydrogen-bond donors (Lipinski definition) is 1. The van der Waals surface area contributed by atoms with E-state index in [1.54, 1.807) is 25.1 Å². The smallest absolute Gasteiger partial charge is 0.271 e. The largest absolute Gasteiger partial charge is 0.354 e. The summed E-state index contributed by atoms with van der Waals surface area (Å²) in [7, 11) is -4.09. The van der Waals surface area contributed by atoms with Crippen LogP contribution in [0.15, 0.2) is 66.7 Å². The number of carbonyl (C=O) groups is 2. The number of nitro benzene ring substituents is 1. The van der Waals surface area contributed by atoms with Crippen LogP contribution in [0.5, 0.6) is 0 Å². The molecule has 0 aliphatic heterocycles. The lowest BCUT2D eigenvalue weighted by atomic mass is 10.0. The predicted molar refractivity (Wildman–Crippen MR) is 169 cm³/mol. The van der Waals surface area contributed by atoms with E-state index in [9.17, 15) is 28.1 Å². The van der Waals surface area contributed by atoms with E-state index < -0.39 is 39.3 Å². The Morgan fingerprint density at radius 2 is 1.70 bits per heavy atom. The van der Waals surface area contributed by atoms with Crippen LogP contribution >= 0.6 is 23.2 Å².